The van der Waals surface area contributed by atoms with Gasteiger partial charge in [0.25, 0.3) is 0 Å². The van der Waals surface area contributed by atoms with Crippen molar-refractivity contribution in [1.82, 2.24) is 0 Å². The lowest BCUT2D eigenvalue weighted by Crippen LogP contribution is -1.87. The molecule has 0 aromatic heterocycles. The van der Waals surface area contributed by atoms with Gasteiger partial charge >= 0.3 is 0 Å². The third-order valence-electron chi connectivity index (χ3n) is 4.12. The Hall–Kier alpha value is -0.470. The average molecular weight is 323 g/mol. The monoisotopic (exact) mass is 322 g/mol. The molecular formula is C20H34OS. The summed E-state index contributed by atoms with van der Waals surface area (Å²) in [6, 6.07) is 9.08. The number of unbranched alkanes of at least 4 members (excludes halogenated alkanes) is 8. The van der Waals surface area contributed by atoms with Gasteiger partial charge in [0.15, 0.2) is 0 Å². The summed E-state index contributed by atoms with van der Waals surface area (Å²) in [6.07, 6.45) is 11.7. The molecule has 2 heteroatoms. The van der Waals surface area contributed by atoms with E-state index in [2.05, 4.69) is 38.1 Å². The van der Waals surface area contributed by atoms with Crippen LogP contribution in [-0.4, -0.2) is 17.5 Å². The molecule has 1 N–H and O–H groups in total. The molecule has 0 fully saturated rings. The van der Waals surface area contributed by atoms with Crippen molar-refractivity contribution in [1.29, 1.82) is 0 Å². The number of benzene rings is 1. The Morgan fingerprint density at radius 2 is 1.27 bits per heavy atom. The van der Waals surface area contributed by atoms with Crippen molar-refractivity contribution in [2.75, 3.05) is 12.4 Å². The Kier molecular flexibility index (Phi) is 11.6. The maximum atomic E-state index is 8.71. The van der Waals surface area contributed by atoms with E-state index < -0.39 is 0 Å². The summed E-state index contributed by atoms with van der Waals surface area (Å²) in [7, 11) is 0. The van der Waals surface area contributed by atoms with Gasteiger partial charge in [0, 0.05) is 11.5 Å². The molecule has 0 spiro atoms. The van der Waals surface area contributed by atoms with Crippen LogP contribution >= 0.6 is 11.8 Å². The van der Waals surface area contributed by atoms with Crippen LogP contribution < -0.4 is 0 Å². The van der Waals surface area contributed by atoms with Crippen LogP contribution in [0.15, 0.2) is 29.2 Å². The van der Waals surface area contributed by atoms with Gasteiger partial charge in [-0.3, -0.25) is 0 Å². The number of aliphatic hydroxyl groups excluding tert-OH is 1. The van der Waals surface area contributed by atoms with E-state index in [1.807, 2.05) is 11.8 Å². The van der Waals surface area contributed by atoms with Crippen LogP contribution in [0.25, 0.3) is 0 Å². The molecule has 126 valence electrons. The van der Waals surface area contributed by atoms with Crippen molar-refractivity contribution in [2.45, 2.75) is 82.4 Å². The van der Waals surface area contributed by atoms with E-state index in [0.29, 0.717) is 12.5 Å². The molecule has 1 aromatic rings. The minimum Gasteiger partial charge on any atom is -0.396 e. The molecule has 0 unspecified atom stereocenters. The van der Waals surface area contributed by atoms with Crippen molar-refractivity contribution in [3.05, 3.63) is 29.8 Å². The molecule has 0 radical (unpaired) electrons. The molecule has 1 nitrogen and oxygen atoms in total. The van der Waals surface area contributed by atoms with E-state index in [0.717, 1.165) is 6.42 Å². The Labute approximate surface area is 141 Å². The van der Waals surface area contributed by atoms with E-state index in [1.165, 1.54) is 67.6 Å². The molecule has 0 aliphatic heterocycles. The molecule has 0 atom stereocenters. The van der Waals surface area contributed by atoms with Gasteiger partial charge in [-0.1, -0.05) is 70.9 Å². The Morgan fingerprint density at radius 1 is 0.773 bits per heavy atom. The largest absolute Gasteiger partial charge is 0.396 e. The summed E-state index contributed by atoms with van der Waals surface area (Å²) in [5.41, 5.74) is 1.43. The van der Waals surface area contributed by atoms with E-state index >= 15 is 0 Å². The predicted molar refractivity (Wildman–Crippen MR) is 99.9 cm³/mol. The summed E-state index contributed by atoms with van der Waals surface area (Å²) in [5.74, 6) is 1.88. The first kappa shape index (κ1) is 19.6. The lowest BCUT2D eigenvalue weighted by Gasteiger charge is -2.07. The molecule has 0 saturated heterocycles. The second kappa shape index (κ2) is 13.0. The van der Waals surface area contributed by atoms with Crippen LogP contribution in [0.2, 0.25) is 0 Å². The van der Waals surface area contributed by atoms with Gasteiger partial charge in [-0.25, -0.2) is 0 Å². The fraction of sp³-hybridized carbons (Fsp3) is 0.700. The highest BCUT2D eigenvalue weighted by Gasteiger charge is 1.99. The van der Waals surface area contributed by atoms with Crippen LogP contribution in [-0.2, 0) is 0 Å². The molecule has 0 heterocycles. The SMILES string of the molecule is CC(C)c1ccc(SCCCCCCCCCCCO)cc1. The lowest BCUT2D eigenvalue weighted by molar-refractivity contribution is 0.282. The van der Waals surface area contributed by atoms with Crippen molar-refractivity contribution in [3.8, 4) is 0 Å². The number of aliphatic hydroxyl groups is 1. The summed E-state index contributed by atoms with van der Waals surface area (Å²) < 4.78 is 0. The Balaban J connectivity index is 1.93. The lowest BCUT2D eigenvalue weighted by atomic mass is 10.0. The zero-order chi connectivity index (χ0) is 16.0. The maximum absolute atomic E-state index is 8.71. The molecule has 0 saturated carbocycles. The minimum absolute atomic E-state index is 0.359. The van der Waals surface area contributed by atoms with Crippen molar-refractivity contribution in [2.24, 2.45) is 0 Å². The standard InChI is InChI=1S/C20H34OS/c1-18(2)19-12-14-20(15-13-19)22-17-11-9-7-5-3-4-6-8-10-16-21/h12-15,18,21H,3-11,16-17H2,1-2H3. The zero-order valence-corrected chi connectivity index (χ0v) is 15.3. The summed E-state index contributed by atoms with van der Waals surface area (Å²) in [5, 5.41) is 8.71. The van der Waals surface area contributed by atoms with Gasteiger partial charge in [-0.15, -0.1) is 11.8 Å². The first-order valence-electron chi connectivity index (χ1n) is 9.07. The summed E-state index contributed by atoms with van der Waals surface area (Å²) in [6.45, 7) is 4.85. The Bertz CT molecular complexity index is 358. The number of hydrogen-bond acceptors (Lipinski definition) is 2. The molecule has 0 bridgehead atoms. The van der Waals surface area contributed by atoms with Crippen LogP contribution in [0.4, 0.5) is 0 Å². The van der Waals surface area contributed by atoms with Gasteiger partial charge in [-0.05, 0) is 42.2 Å². The van der Waals surface area contributed by atoms with Gasteiger partial charge in [0.05, 0.1) is 0 Å². The molecular weight excluding hydrogens is 288 g/mol. The van der Waals surface area contributed by atoms with E-state index in [-0.39, 0.29) is 0 Å². The first-order chi connectivity index (χ1) is 10.7. The van der Waals surface area contributed by atoms with Crippen molar-refractivity contribution >= 4 is 11.8 Å². The van der Waals surface area contributed by atoms with E-state index in [1.54, 1.807) is 0 Å². The number of rotatable bonds is 13. The van der Waals surface area contributed by atoms with Crippen molar-refractivity contribution < 1.29 is 5.11 Å². The van der Waals surface area contributed by atoms with Gasteiger partial charge in [0.1, 0.15) is 0 Å². The second-order valence-corrected chi connectivity index (χ2v) is 7.65. The zero-order valence-electron chi connectivity index (χ0n) is 14.5. The number of thioether (sulfide) groups is 1. The molecule has 0 aliphatic carbocycles. The van der Waals surface area contributed by atoms with Crippen LogP contribution in [0.5, 0.6) is 0 Å². The highest BCUT2D eigenvalue weighted by molar-refractivity contribution is 7.99. The smallest absolute Gasteiger partial charge is 0.0431 e. The highest BCUT2D eigenvalue weighted by atomic mass is 32.2. The van der Waals surface area contributed by atoms with E-state index in [4.69, 9.17) is 5.11 Å². The highest BCUT2D eigenvalue weighted by Crippen LogP contribution is 2.23. The molecule has 0 aliphatic rings. The predicted octanol–water partition coefficient (Wildman–Crippen LogP) is 6.41. The fourth-order valence-electron chi connectivity index (χ4n) is 2.59. The normalized spacial score (nSPS) is 11.3. The topological polar surface area (TPSA) is 20.2 Å². The van der Waals surface area contributed by atoms with Crippen molar-refractivity contribution in [3.63, 3.8) is 0 Å². The molecule has 0 amide bonds. The van der Waals surface area contributed by atoms with E-state index in [9.17, 15) is 0 Å². The molecule has 1 aromatic carbocycles. The van der Waals surface area contributed by atoms with Gasteiger partial charge in [-0.2, -0.15) is 0 Å². The summed E-state index contributed by atoms with van der Waals surface area (Å²) in [4.78, 5) is 1.41. The van der Waals surface area contributed by atoms with Gasteiger partial charge in [0.2, 0.25) is 0 Å². The third kappa shape index (κ3) is 9.53. The average Bonchev–Trinajstić information content (AvgIpc) is 2.53. The second-order valence-electron chi connectivity index (χ2n) is 6.48. The fourth-order valence-corrected chi connectivity index (χ4v) is 3.50. The number of hydrogen-bond donors (Lipinski definition) is 1. The quantitative estimate of drug-likeness (QED) is 0.335. The first-order valence-corrected chi connectivity index (χ1v) is 10.1. The third-order valence-corrected chi connectivity index (χ3v) is 5.22. The van der Waals surface area contributed by atoms with Crippen LogP contribution in [0.1, 0.15) is 83.1 Å². The minimum atomic E-state index is 0.359. The van der Waals surface area contributed by atoms with Crippen LogP contribution in [0.3, 0.4) is 0 Å². The van der Waals surface area contributed by atoms with Gasteiger partial charge < -0.3 is 5.11 Å². The Morgan fingerprint density at radius 3 is 1.77 bits per heavy atom. The molecule has 22 heavy (non-hydrogen) atoms. The van der Waals surface area contributed by atoms with Crippen LogP contribution in [0, 0.1) is 0 Å². The maximum Gasteiger partial charge on any atom is 0.0431 e. The summed E-state index contributed by atoms with van der Waals surface area (Å²) >= 11 is 1.99. The molecule has 1 rings (SSSR count).